The van der Waals surface area contributed by atoms with Gasteiger partial charge in [-0.3, -0.25) is 14.4 Å². The van der Waals surface area contributed by atoms with Gasteiger partial charge < -0.3 is 9.84 Å². The molecule has 2 rings (SSSR count). The van der Waals surface area contributed by atoms with Gasteiger partial charge in [-0.15, -0.1) is 0 Å². The average Bonchev–Trinajstić information content (AvgIpc) is 2.62. The van der Waals surface area contributed by atoms with Crippen molar-refractivity contribution in [2.45, 2.75) is 12.0 Å². The van der Waals surface area contributed by atoms with E-state index in [1.54, 1.807) is 12.1 Å². The van der Waals surface area contributed by atoms with Gasteiger partial charge in [0.15, 0.2) is 0 Å². The Morgan fingerprint density at radius 2 is 1.79 bits per heavy atom. The first-order valence-corrected chi connectivity index (χ1v) is 5.66. The first kappa shape index (κ1) is 13.2. The van der Waals surface area contributed by atoms with E-state index in [-0.39, 0.29) is 17.5 Å². The molecule has 0 radical (unpaired) electrons. The first-order valence-electron chi connectivity index (χ1n) is 5.66. The molecular formula is C14H12O5. The normalized spacial score (nSPS) is 16.7. The molecule has 0 fully saturated rings. The Balaban J connectivity index is 2.29. The monoisotopic (exact) mass is 260 g/mol. The number of fused-ring (bicyclic) bond motifs is 1. The summed E-state index contributed by atoms with van der Waals surface area (Å²) in [6, 6.07) is 6.21. The number of rotatable bonds is 3. The molecule has 0 heterocycles. The van der Waals surface area contributed by atoms with Crippen LogP contribution in [0.5, 0.6) is 0 Å². The number of ketones is 2. The largest absolute Gasteiger partial charge is 0.469 e. The Morgan fingerprint density at radius 3 is 2.26 bits per heavy atom. The SMILES string of the molecule is COC(=O)C/C=C/C1(O)C(=O)c2ccccc2C1=O. The molecule has 0 atom stereocenters. The molecule has 0 saturated carbocycles. The molecular weight excluding hydrogens is 248 g/mol. The van der Waals surface area contributed by atoms with Crippen molar-refractivity contribution in [3.8, 4) is 0 Å². The smallest absolute Gasteiger partial charge is 0.309 e. The van der Waals surface area contributed by atoms with Crippen molar-refractivity contribution >= 4 is 17.5 Å². The van der Waals surface area contributed by atoms with Crippen molar-refractivity contribution in [2.75, 3.05) is 7.11 Å². The van der Waals surface area contributed by atoms with Crippen LogP contribution in [0, 0.1) is 0 Å². The fraction of sp³-hybridized carbons (Fsp3) is 0.214. The highest BCUT2D eigenvalue weighted by Gasteiger charge is 2.49. The summed E-state index contributed by atoms with van der Waals surface area (Å²) in [4.78, 5) is 35.0. The molecule has 0 saturated heterocycles. The zero-order valence-corrected chi connectivity index (χ0v) is 10.3. The quantitative estimate of drug-likeness (QED) is 0.496. The lowest BCUT2D eigenvalue weighted by atomic mass is 9.97. The molecule has 0 amide bonds. The number of carbonyl (C=O) groups is 3. The Morgan fingerprint density at radius 1 is 1.26 bits per heavy atom. The van der Waals surface area contributed by atoms with Crippen molar-refractivity contribution in [3.63, 3.8) is 0 Å². The van der Waals surface area contributed by atoms with E-state index >= 15 is 0 Å². The molecule has 1 N–H and O–H groups in total. The Hall–Kier alpha value is -2.27. The molecule has 5 nitrogen and oxygen atoms in total. The molecule has 1 aromatic carbocycles. The second kappa shape index (κ2) is 4.78. The Bertz CT molecular complexity index is 550. The zero-order chi connectivity index (χ0) is 14.0. The van der Waals surface area contributed by atoms with Crippen LogP contribution in [0.3, 0.4) is 0 Å². The third-order valence-electron chi connectivity index (χ3n) is 2.98. The van der Waals surface area contributed by atoms with Crippen molar-refractivity contribution in [3.05, 3.63) is 47.5 Å². The van der Waals surface area contributed by atoms with E-state index in [1.165, 1.54) is 25.3 Å². The maximum atomic E-state index is 12.0. The van der Waals surface area contributed by atoms with Gasteiger partial charge in [0.1, 0.15) is 0 Å². The summed E-state index contributed by atoms with van der Waals surface area (Å²) >= 11 is 0. The first-order chi connectivity index (χ1) is 9.00. The van der Waals surface area contributed by atoms with Crippen molar-refractivity contribution in [1.82, 2.24) is 0 Å². The van der Waals surface area contributed by atoms with Gasteiger partial charge in [0.05, 0.1) is 13.5 Å². The van der Waals surface area contributed by atoms with E-state index < -0.39 is 23.1 Å². The van der Waals surface area contributed by atoms with Crippen LogP contribution in [0.2, 0.25) is 0 Å². The fourth-order valence-corrected chi connectivity index (χ4v) is 1.95. The maximum Gasteiger partial charge on any atom is 0.309 e. The summed E-state index contributed by atoms with van der Waals surface area (Å²) in [7, 11) is 1.23. The standard InChI is InChI=1S/C14H12O5/c1-19-11(15)7-4-8-14(18)12(16)9-5-2-3-6-10(9)13(14)17/h2-6,8,18H,7H2,1H3/b8-4+. The van der Waals surface area contributed by atoms with E-state index in [2.05, 4.69) is 4.74 Å². The number of Topliss-reactive ketones (excluding diaryl/α,β-unsaturated/α-hetero) is 2. The number of hydrogen-bond acceptors (Lipinski definition) is 5. The maximum absolute atomic E-state index is 12.0. The molecule has 5 heteroatoms. The van der Waals surface area contributed by atoms with Gasteiger partial charge in [-0.25, -0.2) is 0 Å². The van der Waals surface area contributed by atoms with E-state index in [9.17, 15) is 19.5 Å². The van der Waals surface area contributed by atoms with Gasteiger partial charge in [0.25, 0.3) is 0 Å². The second-order valence-corrected chi connectivity index (χ2v) is 4.15. The van der Waals surface area contributed by atoms with Crippen LogP contribution < -0.4 is 0 Å². The highest BCUT2D eigenvalue weighted by atomic mass is 16.5. The molecule has 98 valence electrons. The summed E-state index contributed by atoms with van der Waals surface area (Å²) in [5.41, 5.74) is -1.83. The van der Waals surface area contributed by atoms with Gasteiger partial charge in [0.2, 0.25) is 17.2 Å². The zero-order valence-electron chi connectivity index (χ0n) is 10.3. The summed E-state index contributed by atoms with van der Waals surface area (Å²) in [6.45, 7) is 0. The Labute approximate surface area is 109 Å². The Kier molecular flexibility index (Phi) is 3.31. The number of hydrogen-bond donors (Lipinski definition) is 1. The minimum atomic E-state index is -2.21. The van der Waals surface area contributed by atoms with Crippen LogP contribution in [0.1, 0.15) is 27.1 Å². The van der Waals surface area contributed by atoms with Crippen LogP contribution in [0.15, 0.2) is 36.4 Å². The minimum Gasteiger partial charge on any atom is -0.469 e. The number of esters is 1. The molecule has 1 aromatic rings. The van der Waals surface area contributed by atoms with E-state index in [0.29, 0.717) is 0 Å². The van der Waals surface area contributed by atoms with E-state index in [1.807, 2.05) is 0 Å². The molecule has 0 unspecified atom stereocenters. The summed E-state index contributed by atoms with van der Waals surface area (Å²) in [5, 5.41) is 10.2. The van der Waals surface area contributed by atoms with Gasteiger partial charge in [-0.2, -0.15) is 0 Å². The number of methoxy groups -OCH3 is 1. The molecule has 19 heavy (non-hydrogen) atoms. The minimum absolute atomic E-state index is 0.115. The van der Waals surface area contributed by atoms with Gasteiger partial charge in [-0.05, 0) is 6.08 Å². The number of benzene rings is 1. The number of carbonyl (C=O) groups excluding carboxylic acids is 3. The van der Waals surface area contributed by atoms with Crippen LogP contribution >= 0.6 is 0 Å². The summed E-state index contributed by atoms with van der Waals surface area (Å²) < 4.78 is 4.42. The summed E-state index contributed by atoms with van der Waals surface area (Å²) in [5.74, 6) is -1.86. The molecule has 1 aliphatic rings. The van der Waals surface area contributed by atoms with Gasteiger partial charge in [0, 0.05) is 11.1 Å². The highest BCUT2D eigenvalue weighted by Crippen LogP contribution is 2.31. The fourth-order valence-electron chi connectivity index (χ4n) is 1.95. The van der Waals surface area contributed by atoms with Crippen LogP contribution in [-0.2, 0) is 9.53 Å². The second-order valence-electron chi connectivity index (χ2n) is 4.15. The predicted molar refractivity (Wildman–Crippen MR) is 65.8 cm³/mol. The topological polar surface area (TPSA) is 80.7 Å². The third-order valence-corrected chi connectivity index (χ3v) is 2.98. The van der Waals surface area contributed by atoms with E-state index in [0.717, 1.165) is 6.08 Å². The molecule has 0 aliphatic heterocycles. The van der Waals surface area contributed by atoms with Crippen LogP contribution in [0.25, 0.3) is 0 Å². The van der Waals surface area contributed by atoms with Gasteiger partial charge >= 0.3 is 5.97 Å². The average molecular weight is 260 g/mol. The van der Waals surface area contributed by atoms with Gasteiger partial charge in [-0.1, -0.05) is 30.3 Å². The highest BCUT2D eigenvalue weighted by molar-refractivity contribution is 6.33. The molecule has 0 aromatic heterocycles. The predicted octanol–water partition coefficient (Wildman–Crippen LogP) is 0.916. The molecule has 0 spiro atoms. The number of aliphatic hydroxyl groups is 1. The van der Waals surface area contributed by atoms with Crippen molar-refractivity contribution in [2.24, 2.45) is 0 Å². The van der Waals surface area contributed by atoms with Crippen molar-refractivity contribution in [1.29, 1.82) is 0 Å². The molecule has 1 aliphatic carbocycles. The lowest BCUT2D eigenvalue weighted by Gasteiger charge is -2.13. The lowest BCUT2D eigenvalue weighted by molar-refractivity contribution is -0.139. The third kappa shape index (κ3) is 2.08. The molecule has 0 bridgehead atoms. The van der Waals surface area contributed by atoms with Crippen molar-refractivity contribution < 1.29 is 24.2 Å². The van der Waals surface area contributed by atoms with Crippen LogP contribution in [0.4, 0.5) is 0 Å². The number of ether oxygens (including phenoxy) is 1. The summed E-state index contributed by atoms with van der Waals surface area (Å²) in [6.07, 6.45) is 2.19. The van der Waals surface area contributed by atoms with Crippen LogP contribution in [-0.4, -0.2) is 35.4 Å². The lowest BCUT2D eigenvalue weighted by Crippen LogP contribution is -2.38. The van der Waals surface area contributed by atoms with E-state index in [4.69, 9.17) is 0 Å².